The van der Waals surface area contributed by atoms with Gasteiger partial charge in [-0.3, -0.25) is 9.63 Å². The van der Waals surface area contributed by atoms with Crippen LogP contribution in [0.2, 0.25) is 0 Å². The highest BCUT2D eigenvalue weighted by atomic mass is 19.1. The second-order valence-electron chi connectivity index (χ2n) is 6.46. The van der Waals surface area contributed by atoms with E-state index in [1.54, 1.807) is 12.1 Å². The number of hydrogen-bond donors (Lipinski definition) is 0. The molecule has 0 bridgehead atoms. The van der Waals surface area contributed by atoms with E-state index in [4.69, 9.17) is 4.84 Å². The monoisotopic (exact) mass is 321 g/mol. The van der Waals surface area contributed by atoms with Gasteiger partial charge in [-0.1, -0.05) is 19.9 Å². The standard InChI is InChI=1S/C17H24FN3O2/c1-5-13(6-2)19-20-14-8-7-12(15(18)9-14)10-21-16(22)17(3,4)11-23-21/h7-9,13H,5-6,10-11H2,1-4H3. The quantitative estimate of drug-likeness (QED) is 0.729. The Morgan fingerprint density at radius 2 is 2.04 bits per heavy atom. The van der Waals surface area contributed by atoms with E-state index in [9.17, 15) is 9.18 Å². The molecule has 0 atom stereocenters. The number of carbonyl (C=O) groups is 1. The summed E-state index contributed by atoms with van der Waals surface area (Å²) in [6, 6.07) is 4.83. The molecule has 126 valence electrons. The Bertz CT molecular complexity index is 598. The first-order valence-corrected chi connectivity index (χ1v) is 8.01. The molecule has 1 amide bonds. The van der Waals surface area contributed by atoms with Crippen molar-refractivity contribution in [1.29, 1.82) is 0 Å². The lowest BCUT2D eigenvalue weighted by Gasteiger charge is -2.16. The fraction of sp³-hybridized carbons (Fsp3) is 0.588. The summed E-state index contributed by atoms with van der Waals surface area (Å²) in [4.78, 5) is 17.5. The van der Waals surface area contributed by atoms with E-state index in [0.717, 1.165) is 12.8 Å². The van der Waals surface area contributed by atoms with Gasteiger partial charge in [0.25, 0.3) is 5.91 Å². The number of azo groups is 1. The number of carbonyl (C=O) groups excluding carboxylic acids is 1. The molecule has 1 heterocycles. The highest BCUT2D eigenvalue weighted by molar-refractivity contribution is 5.82. The summed E-state index contributed by atoms with van der Waals surface area (Å²) >= 11 is 0. The van der Waals surface area contributed by atoms with Crippen LogP contribution in [0.5, 0.6) is 0 Å². The number of rotatable bonds is 6. The number of hydrogen-bond acceptors (Lipinski definition) is 4. The van der Waals surface area contributed by atoms with Crippen LogP contribution in [0.1, 0.15) is 46.1 Å². The lowest BCUT2D eigenvalue weighted by atomic mass is 9.95. The highest BCUT2D eigenvalue weighted by Gasteiger charge is 2.40. The average molecular weight is 321 g/mol. The normalized spacial score (nSPS) is 17.7. The van der Waals surface area contributed by atoms with Gasteiger partial charge in [-0.15, -0.1) is 0 Å². The second-order valence-corrected chi connectivity index (χ2v) is 6.46. The molecular weight excluding hydrogens is 297 g/mol. The van der Waals surface area contributed by atoms with Gasteiger partial charge in [0, 0.05) is 11.6 Å². The van der Waals surface area contributed by atoms with Crippen molar-refractivity contribution < 1.29 is 14.0 Å². The van der Waals surface area contributed by atoms with Crippen molar-refractivity contribution >= 4 is 11.6 Å². The molecular formula is C17H24FN3O2. The van der Waals surface area contributed by atoms with Crippen molar-refractivity contribution in [3.05, 3.63) is 29.6 Å². The molecule has 1 aliphatic heterocycles. The van der Waals surface area contributed by atoms with Crippen molar-refractivity contribution in [3.63, 3.8) is 0 Å². The second kappa shape index (κ2) is 7.17. The van der Waals surface area contributed by atoms with Gasteiger partial charge < -0.3 is 0 Å². The fourth-order valence-electron chi connectivity index (χ4n) is 2.30. The van der Waals surface area contributed by atoms with Gasteiger partial charge in [0.15, 0.2) is 0 Å². The zero-order valence-corrected chi connectivity index (χ0v) is 14.2. The van der Waals surface area contributed by atoms with Crippen LogP contribution in [0.15, 0.2) is 28.4 Å². The molecule has 1 saturated heterocycles. The molecule has 1 aliphatic rings. The summed E-state index contributed by atoms with van der Waals surface area (Å²) in [6.07, 6.45) is 1.82. The van der Waals surface area contributed by atoms with Gasteiger partial charge in [0.05, 0.1) is 30.3 Å². The van der Waals surface area contributed by atoms with Crippen LogP contribution >= 0.6 is 0 Å². The topological polar surface area (TPSA) is 54.3 Å². The van der Waals surface area contributed by atoms with Crippen LogP contribution in [0, 0.1) is 11.2 Å². The van der Waals surface area contributed by atoms with Crippen LogP contribution in [0.3, 0.4) is 0 Å². The van der Waals surface area contributed by atoms with Crippen LogP contribution in [0.4, 0.5) is 10.1 Å². The molecule has 6 heteroatoms. The Morgan fingerprint density at radius 1 is 1.35 bits per heavy atom. The molecule has 1 fully saturated rings. The van der Waals surface area contributed by atoms with Gasteiger partial charge in [-0.25, -0.2) is 9.45 Å². The molecule has 0 radical (unpaired) electrons. The van der Waals surface area contributed by atoms with E-state index in [1.165, 1.54) is 11.1 Å². The third-order valence-electron chi connectivity index (χ3n) is 4.02. The Kier molecular flexibility index (Phi) is 5.46. The highest BCUT2D eigenvalue weighted by Crippen LogP contribution is 2.29. The summed E-state index contributed by atoms with van der Waals surface area (Å²) in [5.74, 6) is -0.540. The number of halogens is 1. The van der Waals surface area contributed by atoms with Gasteiger partial charge in [-0.05, 0) is 32.8 Å². The summed E-state index contributed by atoms with van der Waals surface area (Å²) in [5.41, 5.74) is 0.324. The minimum absolute atomic E-state index is 0.0953. The van der Waals surface area contributed by atoms with Crippen molar-refractivity contribution in [2.24, 2.45) is 15.6 Å². The van der Waals surface area contributed by atoms with E-state index in [1.807, 2.05) is 27.7 Å². The molecule has 0 N–H and O–H groups in total. The smallest absolute Gasteiger partial charge is 0.254 e. The molecule has 0 saturated carbocycles. The first-order chi connectivity index (χ1) is 10.9. The molecule has 0 aromatic heterocycles. The SMILES string of the molecule is CCC(CC)N=Nc1ccc(CN2OCC(C)(C)C2=O)c(F)c1. The molecule has 0 unspecified atom stereocenters. The molecule has 0 spiro atoms. The van der Waals surface area contributed by atoms with Crippen LogP contribution in [0.25, 0.3) is 0 Å². The summed E-state index contributed by atoms with van der Waals surface area (Å²) < 4.78 is 14.2. The molecule has 0 aliphatic carbocycles. The predicted octanol–water partition coefficient (Wildman–Crippen LogP) is 4.40. The first-order valence-electron chi connectivity index (χ1n) is 8.01. The molecule has 2 rings (SSSR count). The summed E-state index contributed by atoms with van der Waals surface area (Å²) in [6.45, 7) is 8.13. The zero-order valence-electron chi connectivity index (χ0n) is 14.2. The molecule has 5 nitrogen and oxygen atoms in total. The average Bonchev–Trinajstić information content (AvgIpc) is 2.77. The lowest BCUT2D eigenvalue weighted by Crippen LogP contribution is -2.30. The largest absolute Gasteiger partial charge is 0.272 e. The van der Waals surface area contributed by atoms with E-state index in [2.05, 4.69) is 10.2 Å². The summed E-state index contributed by atoms with van der Waals surface area (Å²) in [5, 5.41) is 9.52. The van der Waals surface area contributed by atoms with Crippen molar-refractivity contribution in [3.8, 4) is 0 Å². The van der Waals surface area contributed by atoms with Gasteiger partial charge >= 0.3 is 0 Å². The Balaban J connectivity index is 2.07. The minimum atomic E-state index is -0.556. The fourth-order valence-corrected chi connectivity index (χ4v) is 2.30. The Morgan fingerprint density at radius 3 is 2.57 bits per heavy atom. The third kappa shape index (κ3) is 4.13. The maximum Gasteiger partial charge on any atom is 0.254 e. The maximum absolute atomic E-state index is 14.2. The predicted molar refractivity (Wildman–Crippen MR) is 85.6 cm³/mol. The van der Waals surface area contributed by atoms with E-state index >= 15 is 0 Å². The van der Waals surface area contributed by atoms with Crippen LogP contribution in [-0.2, 0) is 16.2 Å². The van der Waals surface area contributed by atoms with Crippen molar-refractivity contribution in [2.45, 2.75) is 53.1 Å². The maximum atomic E-state index is 14.2. The number of amides is 1. The Hall–Kier alpha value is -1.82. The van der Waals surface area contributed by atoms with E-state index in [0.29, 0.717) is 17.9 Å². The van der Waals surface area contributed by atoms with Gasteiger partial charge in [-0.2, -0.15) is 10.2 Å². The number of nitrogens with zero attached hydrogens (tertiary/aromatic N) is 3. The molecule has 1 aromatic carbocycles. The van der Waals surface area contributed by atoms with Crippen LogP contribution < -0.4 is 0 Å². The van der Waals surface area contributed by atoms with Gasteiger partial charge in [0.2, 0.25) is 0 Å². The van der Waals surface area contributed by atoms with Crippen molar-refractivity contribution in [1.82, 2.24) is 5.06 Å². The summed E-state index contributed by atoms with van der Waals surface area (Å²) in [7, 11) is 0. The van der Waals surface area contributed by atoms with Crippen LogP contribution in [-0.4, -0.2) is 23.6 Å². The molecule has 1 aromatic rings. The lowest BCUT2D eigenvalue weighted by molar-refractivity contribution is -0.165. The molecule has 23 heavy (non-hydrogen) atoms. The number of hydroxylamine groups is 2. The van der Waals surface area contributed by atoms with Gasteiger partial charge in [0.1, 0.15) is 5.82 Å². The van der Waals surface area contributed by atoms with E-state index < -0.39 is 11.2 Å². The van der Waals surface area contributed by atoms with E-state index in [-0.39, 0.29) is 18.5 Å². The zero-order chi connectivity index (χ0) is 17.0. The minimum Gasteiger partial charge on any atom is -0.272 e. The first kappa shape index (κ1) is 17.5. The number of benzene rings is 1. The Labute approximate surface area is 136 Å². The van der Waals surface area contributed by atoms with Crippen molar-refractivity contribution in [2.75, 3.05) is 6.61 Å². The third-order valence-corrected chi connectivity index (χ3v) is 4.02.